The molecule has 0 bridgehead atoms. The van der Waals surface area contributed by atoms with Crippen molar-refractivity contribution >= 4 is 11.6 Å². The molecule has 0 aliphatic carbocycles. The van der Waals surface area contributed by atoms with Crippen LogP contribution in [0.4, 0.5) is 0 Å². The number of carbonyl (C=O) groups is 2. The van der Waals surface area contributed by atoms with Crippen molar-refractivity contribution in [3.05, 3.63) is 0 Å². The van der Waals surface area contributed by atoms with Gasteiger partial charge in [-0.05, 0) is 0 Å². The maximum absolute atomic E-state index is 11.4. The Bertz CT molecular complexity index is 226. The molecule has 0 spiro atoms. The first kappa shape index (κ1) is 14.2. The third-order valence-electron chi connectivity index (χ3n) is 2.37. The number of rotatable bonds is 6. The van der Waals surface area contributed by atoms with Crippen molar-refractivity contribution in [2.45, 2.75) is 49.1 Å². The van der Waals surface area contributed by atoms with Crippen LogP contribution >= 0.6 is 0 Å². The Morgan fingerprint density at radius 2 is 1.50 bits per heavy atom. The Balaban J connectivity index is 3.93. The van der Waals surface area contributed by atoms with E-state index < -0.39 is 18.5 Å². The van der Waals surface area contributed by atoms with Gasteiger partial charge in [0.05, 0.1) is 0 Å². The summed E-state index contributed by atoms with van der Waals surface area (Å²) >= 11 is -2.33. The van der Waals surface area contributed by atoms with Crippen molar-refractivity contribution in [1.29, 1.82) is 0 Å². The normalized spacial score (nSPS) is 12.7. The number of hydrogen-bond acceptors (Lipinski definition) is 2. The van der Waals surface area contributed by atoms with Crippen LogP contribution in [-0.4, -0.2) is 11.6 Å². The Morgan fingerprint density at radius 1 is 1.00 bits per heavy atom. The third-order valence-corrected chi connectivity index (χ3v) is 6.42. The molecule has 0 radical (unpaired) electrons. The number of Topliss-reactive ketones (excluding diaryl/α,β-unsaturated/α-hetero) is 2. The summed E-state index contributed by atoms with van der Waals surface area (Å²) in [5, 5.41) is 0. The molecule has 0 fully saturated rings. The molecule has 0 atom stereocenters. The van der Waals surface area contributed by atoms with Gasteiger partial charge in [-0.1, -0.05) is 0 Å². The molecule has 0 aromatic carbocycles. The van der Waals surface area contributed by atoms with Crippen LogP contribution in [0.2, 0.25) is 22.9 Å². The summed E-state index contributed by atoms with van der Waals surface area (Å²) in [6, 6.07) is 0. The molecule has 2 nitrogen and oxygen atoms in total. The van der Waals surface area contributed by atoms with Crippen LogP contribution in [0.15, 0.2) is 0 Å². The number of ketones is 2. The molecule has 0 aromatic heterocycles. The van der Waals surface area contributed by atoms with E-state index in [0.29, 0.717) is 12.8 Å². The van der Waals surface area contributed by atoms with E-state index in [2.05, 4.69) is 18.7 Å². The van der Waals surface area contributed by atoms with E-state index in [9.17, 15) is 9.59 Å². The summed E-state index contributed by atoms with van der Waals surface area (Å²) in [6.07, 6.45) is 1.24. The van der Waals surface area contributed by atoms with Crippen LogP contribution in [-0.2, 0) is 28.1 Å². The molecular weight excluding hydrogens is 209 g/mol. The number of hydrogen-bond donors (Lipinski definition) is 0. The second-order valence-electron chi connectivity index (χ2n) is 7.24. The maximum atomic E-state index is 11.4. The predicted octanol–water partition coefficient (Wildman–Crippen LogP) is 3.62. The van der Waals surface area contributed by atoms with Crippen LogP contribution in [0, 0.1) is 0 Å². The van der Waals surface area contributed by atoms with Crippen molar-refractivity contribution < 1.29 is 28.1 Å². The fourth-order valence-electron chi connectivity index (χ4n) is 1.17. The summed E-state index contributed by atoms with van der Waals surface area (Å²) in [6.45, 7) is 1.81. The van der Waals surface area contributed by atoms with Crippen molar-refractivity contribution in [3.63, 3.8) is 0 Å². The Labute approximate surface area is 88.6 Å². The molecule has 0 unspecified atom stereocenters. The summed E-state index contributed by atoms with van der Waals surface area (Å²) in [4.78, 5) is 22.4. The van der Waals surface area contributed by atoms with Crippen molar-refractivity contribution in [2.24, 2.45) is 0 Å². The van der Waals surface area contributed by atoms with Gasteiger partial charge in [-0.3, -0.25) is 0 Å². The first-order chi connectivity index (χ1) is 6.10. The zero-order valence-corrected chi connectivity index (χ0v) is 12.0. The molecular formula is C11H23O2Sc. The predicted molar refractivity (Wildman–Crippen MR) is 57.8 cm³/mol. The van der Waals surface area contributed by atoms with E-state index in [0.717, 1.165) is 4.18 Å². The molecule has 82 valence electrons. The minimum absolute atomic E-state index is 0.0727. The average molecular weight is 232 g/mol. The zero-order chi connectivity index (χ0) is 11.4. The Morgan fingerprint density at radius 3 is 1.86 bits per heavy atom. The van der Waals surface area contributed by atoms with Crippen LogP contribution in [0.5, 0.6) is 0 Å². The van der Waals surface area contributed by atoms with Gasteiger partial charge < -0.3 is 0 Å². The van der Waals surface area contributed by atoms with E-state index in [-0.39, 0.29) is 18.0 Å². The fourth-order valence-corrected chi connectivity index (χ4v) is 3.48. The molecule has 0 N–H and O–H groups in total. The Kier molecular flexibility index (Phi) is 4.89. The van der Waals surface area contributed by atoms with E-state index in [1.165, 1.54) is 0 Å². The first-order valence-corrected chi connectivity index (χ1v) is 14.2. The van der Waals surface area contributed by atoms with Crippen LogP contribution in [0.25, 0.3) is 0 Å². The van der Waals surface area contributed by atoms with E-state index >= 15 is 0 Å². The SMILES string of the molecule is CCC(=O)CC(=O)C[CH2][Sc]([CH3])([CH3])([CH3])[CH3]. The second kappa shape index (κ2) is 4.82. The van der Waals surface area contributed by atoms with Gasteiger partial charge in [0.25, 0.3) is 0 Å². The van der Waals surface area contributed by atoms with Crippen LogP contribution in [0.1, 0.15) is 26.2 Å². The van der Waals surface area contributed by atoms with E-state index in [1.54, 1.807) is 6.92 Å². The first-order valence-electron chi connectivity index (χ1n) is 5.75. The van der Waals surface area contributed by atoms with Gasteiger partial charge in [0.2, 0.25) is 0 Å². The average Bonchev–Trinajstić information content (AvgIpc) is 1.98. The quantitative estimate of drug-likeness (QED) is 0.655. The molecule has 0 amide bonds. The van der Waals surface area contributed by atoms with Crippen molar-refractivity contribution in [3.8, 4) is 0 Å². The zero-order valence-electron chi connectivity index (χ0n) is 10.2. The van der Waals surface area contributed by atoms with Gasteiger partial charge in [0.15, 0.2) is 0 Å². The minimum atomic E-state index is -2.33. The van der Waals surface area contributed by atoms with Crippen molar-refractivity contribution in [1.82, 2.24) is 0 Å². The topological polar surface area (TPSA) is 34.1 Å². The van der Waals surface area contributed by atoms with E-state index in [4.69, 9.17) is 0 Å². The fraction of sp³-hybridized carbons (Fsp3) is 0.818. The molecule has 0 rings (SSSR count). The van der Waals surface area contributed by atoms with Gasteiger partial charge in [0.1, 0.15) is 0 Å². The molecule has 0 saturated carbocycles. The van der Waals surface area contributed by atoms with Crippen LogP contribution < -0.4 is 0 Å². The summed E-state index contributed by atoms with van der Waals surface area (Å²) in [7, 11) is 0. The van der Waals surface area contributed by atoms with Crippen molar-refractivity contribution in [2.75, 3.05) is 0 Å². The monoisotopic (exact) mass is 232 g/mol. The summed E-state index contributed by atoms with van der Waals surface area (Å²) in [5.74, 6) is 0.201. The molecule has 14 heavy (non-hydrogen) atoms. The summed E-state index contributed by atoms with van der Waals surface area (Å²) in [5.41, 5.74) is 0. The second-order valence-corrected chi connectivity index (χ2v) is 24.1. The van der Waals surface area contributed by atoms with Gasteiger partial charge in [0, 0.05) is 0 Å². The Hall–Kier alpha value is 0.210. The molecule has 0 heterocycles. The van der Waals surface area contributed by atoms with Crippen LogP contribution in [0.3, 0.4) is 0 Å². The van der Waals surface area contributed by atoms with E-state index in [1.807, 2.05) is 0 Å². The molecule has 0 aliphatic rings. The third kappa shape index (κ3) is 8.79. The number of carbonyl (C=O) groups excluding carboxylic acids is 2. The van der Waals surface area contributed by atoms with Gasteiger partial charge in [-0.15, -0.1) is 0 Å². The van der Waals surface area contributed by atoms with Gasteiger partial charge in [-0.25, -0.2) is 0 Å². The standard InChI is InChI=1S/C7H11O2.4CH3.Sc/c1-3-6(8)5-7(9)4-2;;;;;/h1,3-5H2,2H3;4*1H3;. The molecule has 0 aromatic rings. The molecule has 3 heteroatoms. The molecule has 0 aliphatic heterocycles. The van der Waals surface area contributed by atoms with Gasteiger partial charge in [-0.2, -0.15) is 0 Å². The molecule has 0 saturated heterocycles. The van der Waals surface area contributed by atoms with Gasteiger partial charge >= 0.3 is 88.7 Å². The summed E-state index contributed by atoms with van der Waals surface area (Å²) < 4.78 is 10.3.